The van der Waals surface area contributed by atoms with Crippen molar-refractivity contribution in [3.63, 3.8) is 0 Å². The van der Waals surface area contributed by atoms with Gasteiger partial charge in [0.25, 0.3) is 0 Å². The summed E-state index contributed by atoms with van der Waals surface area (Å²) < 4.78 is 6.22. The first-order valence-electron chi connectivity index (χ1n) is 7.05. The molecule has 20 heavy (non-hydrogen) atoms. The highest BCUT2D eigenvalue weighted by Crippen LogP contribution is 2.30. The zero-order valence-corrected chi connectivity index (χ0v) is 12.4. The van der Waals surface area contributed by atoms with Gasteiger partial charge in [-0.3, -0.25) is 0 Å². The molecule has 1 unspecified atom stereocenters. The normalized spacial score (nSPS) is 12.4. The molecule has 0 aliphatic rings. The summed E-state index contributed by atoms with van der Waals surface area (Å²) in [5.74, 6) is 0.954. The summed E-state index contributed by atoms with van der Waals surface area (Å²) in [6, 6.07) is 19.0. The quantitative estimate of drug-likeness (QED) is 0.572. The number of ether oxygens (including phenoxy) is 1. The molecule has 0 aliphatic carbocycles. The largest absolute Gasteiger partial charge is 0.485 e. The minimum Gasteiger partial charge on any atom is -0.485 e. The van der Waals surface area contributed by atoms with Gasteiger partial charge in [-0.2, -0.15) is 0 Å². The van der Waals surface area contributed by atoms with Gasteiger partial charge in [-0.25, -0.2) is 0 Å². The van der Waals surface area contributed by atoms with Crippen molar-refractivity contribution in [3.8, 4) is 5.75 Å². The lowest BCUT2D eigenvalue weighted by molar-refractivity contribution is 0.198. The Kier molecular flexibility index (Phi) is 4.03. The molecular weight excluding hydrogens is 264 g/mol. The summed E-state index contributed by atoms with van der Waals surface area (Å²) in [5.41, 5.74) is 0. The second kappa shape index (κ2) is 6.10. The number of benzene rings is 2. The average Bonchev–Trinajstić information content (AvgIpc) is 3.01. The summed E-state index contributed by atoms with van der Waals surface area (Å²) in [6.07, 6.45) is 2.34. The van der Waals surface area contributed by atoms with Crippen molar-refractivity contribution in [2.24, 2.45) is 0 Å². The van der Waals surface area contributed by atoms with Crippen LogP contribution in [0.1, 0.15) is 30.7 Å². The molecule has 102 valence electrons. The van der Waals surface area contributed by atoms with E-state index in [4.69, 9.17) is 4.74 Å². The average molecular weight is 282 g/mol. The Hall–Kier alpha value is -1.80. The van der Waals surface area contributed by atoms with Gasteiger partial charge in [0.05, 0.1) is 0 Å². The highest BCUT2D eigenvalue weighted by molar-refractivity contribution is 7.10. The molecule has 0 spiro atoms. The first-order chi connectivity index (χ1) is 9.86. The molecular formula is C18H18OS. The summed E-state index contributed by atoms with van der Waals surface area (Å²) in [7, 11) is 0. The number of thiophene rings is 1. The van der Waals surface area contributed by atoms with E-state index in [2.05, 4.69) is 66.9 Å². The third kappa shape index (κ3) is 2.86. The standard InChI is InChI=1S/C18H18OS/c1-2-6-17(18-9-5-12-20-18)19-16-11-10-14-7-3-4-8-15(14)13-16/h3-5,7-13,17H,2,6H2,1H3. The molecule has 0 fully saturated rings. The third-order valence-electron chi connectivity index (χ3n) is 3.41. The fraction of sp³-hybridized carbons (Fsp3) is 0.222. The molecule has 2 aromatic carbocycles. The van der Waals surface area contributed by atoms with Crippen molar-refractivity contribution < 1.29 is 4.74 Å². The molecule has 1 aromatic heterocycles. The number of rotatable bonds is 5. The Morgan fingerprint density at radius 2 is 1.85 bits per heavy atom. The zero-order chi connectivity index (χ0) is 13.8. The van der Waals surface area contributed by atoms with Crippen LogP contribution >= 0.6 is 11.3 Å². The van der Waals surface area contributed by atoms with Crippen molar-refractivity contribution in [1.29, 1.82) is 0 Å². The maximum absolute atomic E-state index is 6.22. The molecule has 3 aromatic rings. The highest BCUT2D eigenvalue weighted by Gasteiger charge is 2.13. The fourth-order valence-corrected chi connectivity index (χ4v) is 3.19. The van der Waals surface area contributed by atoms with Gasteiger partial charge in [-0.1, -0.05) is 49.7 Å². The van der Waals surface area contributed by atoms with Crippen molar-refractivity contribution >= 4 is 22.1 Å². The number of fused-ring (bicyclic) bond motifs is 1. The maximum atomic E-state index is 6.22. The molecule has 0 saturated carbocycles. The van der Waals surface area contributed by atoms with Crippen LogP contribution in [-0.4, -0.2) is 0 Å². The van der Waals surface area contributed by atoms with Gasteiger partial charge in [-0.15, -0.1) is 11.3 Å². The van der Waals surface area contributed by atoms with Crippen LogP contribution in [0.15, 0.2) is 60.0 Å². The van der Waals surface area contributed by atoms with E-state index < -0.39 is 0 Å². The Bertz CT molecular complexity index is 673. The minimum absolute atomic E-state index is 0.168. The second-order valence-electron chi connectivity index (χ2n) is 4.92. The van der Waals surface area contributed by atoms with Gasteiger partial charge in [-0.05, 0) is 40.8 Å². The Morgan fingerprint density at radius 1 is 1.00 bits per heavy atom. The lowest BCUT2D eigenvalue weighted by Gasteiger charge is -2.17. The molecule has 1 atom stereocenters. The van der Waals surface area contributed by atoms with Crippen molar-refractivity contribution in [1.82, 2.24) is 0 Å². The monoisotopic (exact) mass is 282 g/mol. The maximum Gasteiger partial charge on any atom is 0.133 e. The zero-order valence-electron chi connectivity index (χ0n) is 11.6. The van der Waals surface area contributed by atoms with Gasteiger partial charge in [0, 0.05) is 4.88 Å². The first kappa shape index (κ1) is 13.2. The Labute approximate surface area is 123 Å². The van der Waals surface area contributed by atoms with Gasteiger partial charge in [0.1, 0.15) is 11.9 Å². The van der Waals surface area contributed by atoms with Crippen molar-refractivity contribution in [3.05, 3.63) is 64.9 Å². The smallest absolute Gasteiger partial charge is 0.133 e. The van der Waals surface area contributed by atoms with Crippen LogP contribution in [0.3, 0.4) is 0 Å². The van der Waals surface area contributed by atoms with Gasteiger partial charge < -0.3 is 4.74 Å². The SMILES string of the molecule is CCCC(Oc1ccc2ccccc2c1)c1cccs1. The summed E-state index contributed by atoms with van der Waals surface area (Å²) in [5, 5.41) is 4.59. The summed E-state index contributed by atoms with van der Waals surface area (Å²) in [6.45, 7) is 2.20. The van der Waals surface area contributed by atoms with E-state index in [1.54, 1.807) is 11.3 Å². The molecule has 2 heteroatoms. The van der Waals surface area contributed by atoms with E-state index in [0.29, 0.717) is 0 Å². The van der Waals surface area contributed by atoms with Gasteiger partial charge in [0.15, 0.2) is 0 Å². The van der Waals surface area contributed by atoms with Gasteiger partial charge in [0.2, 0.25) is 0 Å². The molecule has 1 nitrogen and oxygen atoms in total. The topological polar surface area (TPSA) is 9.23 Å². The molecule has 0 amide bonds. The Balaban J connectivity index is 1.86. The van der Waals surface area contributed by atoms with E-state index >= 15 is 0 Å². The van der Waals surface area contributed by atoms with Crippen LogP contribution in [0.4, 0.5) is 0 Å². The van der Waals surface area contributed by atoms with E-state index in [-0.39, 0.29) is 6.10 Å². The van der Waals surface area contributed by atoms with Crippen LogP contribution in [0.25, 0.3) is 10.8 Å². The minimum atomic E-state index is 0.168. The molecule has 0 bridgehead atoms. The van der Waals surface area contributed by atoms with Crippen LogP contribution in [0.2, 0.25) is 0 Å². The lowest BCUT2D eigenvalue weighted by atomic mass is 10.1. The Morgan fingerprint density at radius 3 is 2.60 bits per heavy atom. The lowest BCUT2D eigenvalue weighted by Crippen LogP contribution is -2.05. The van der Waals surface area contributed by atoms with Crippen LogP contribution in [-0.2, 0) is 0 Å². The van der Waals surface area contributed by atoms with E-state index in [1.807, 2.05) is 0 Å². The van der Waals surface area contributed by atoms with Crippen LogP contribution < -0.4 is 4.74 Å². The predicted molar refractivity (Wildman–Crippen MR) is 86.5 cm³/mol. The van der Waals surface area contributed by atoms with Crippen molar-refractivity contribution in [2.45, 2.75) is 25.9 Å². The summed E-state index contributed by atoms with van der Waals surface area (Å²) in [4.78, 5) is 1.31. The highest BCUT2D eigenvalue weighted by atomic mass is 32.1. The third-order valence-corrected chi connectivity index (χ3v) is 4.38. The molecule has 0 aliphatic heterocycles. The van der Waals surface area contributed by atoms with E-state index in [1.165, 1.54) is 15.6 Å². The van der Waals surface area contributed by atoms with Crippen LogP contribution in [0.5, 0.6) is 5.75 Å². The molecule has 0 saturated heterocycles. The molecule has 1 heterocycles. The number of hydrogen-bond acceptors (Lipinski definition) is 2. The summed E-state index contributed by atoms with van der Waals surface area (Å²) >= 11 is 1.77. The fourth-order valence-electron chi connectivity index (χ4n) is 2.40. The van der Waals surface area contributed by atoms with Gasteiger partial charge >= 0.3 is 0 Å². The second-order valence-corrected chi connectivity index (χ2v) is 5.90. The predicted octanol–water partition coefficient (Wildman–Crippen LogP) is 5.82. The number of hydrogen-bond donors (Lipinski definition) is 0. The van der Waals surface area contributed by atoms with E-state index in [9.17, 15) is 0 Å². The van der Waals surface area contributed by atoms with Crippen molar-refractivity contribution in [2.75, 3.05) is 0 Å². The first-order valence-corrected chi connectivity index (χ1v) is 7.93. The molecule has 0 radical (unpaired) electrons. The van der Waals surface area contributed by atoms with Crippen LogP contribution in [0, 0.1) is 0 Å². The molecule has 3 rings (SSSR count). The van der Waals surface area contributed by atoms with E-state index in [0.717, 1.165) is 18.6 Å². The molecule has 0 N–H and O–H groups in total.